The minimum absolute atomic E-state index is 0.0251. The fourth-order valence-corrected chi connectivity index (χ4v) is 3.43. The Morgan fingerprint density at radius 1 is 1.21 bits per heavy atom. The Hall–Kier alpha value is -3.24. The van der Waals surface area contributed by atoms with E-state index < -0.39 is 28.2 Å². The minimum atomic E-state index is -0.913. The van der Waals surface area contributed by atoms with Gasteiger partial charge in [0.1, 0.15) is 11.1 Å². The maximum Gasteiger partial charge on any atom is 0.342 e. The number of H-pyrrole nitrogens is 2. The van der Waals surface area contributed by atoms with Gasteiger partial charge >= 0.3 is 5.69 Å². The summed E-state index contributed by atoms with van der Waals surface area (Å²) in [7, 11) is 0. The molecule has 1 atom stereocenters. The van der Waals surface area contributed by atoms with E-state index in [1.807, 2.05) is 4.98 Å². The van der Waals surface area contributed by atoms with Gasteiger partial charge in [-0.05, 0) is 17.7 Å². The molecule has 29 heavy (non-hydrogen) atoms. The highest BCUT2D eigenvalue weighted by atomic mass is 35.5. The second kappa shape index (κ2) is 9.30. The topological polar surface area (TPSA) is 120 Å². The molecule has 2 aromatic carbocycles. The first-order valence-corrected chi connectivity index (χ1v) is 9.39. The van der Waals surface area contributed by atoms with Crippen LogP contribution in [0.1, 0.15) is 16.4 Å². The largest absolute Gasteiger partial charge is 0.342 e. The van der Waals surface area contributed by atoms with Crippen molar-refractivity contribution in [2.45, 2.75) is 10.3 Å². The van der Waals surface area contributed by atoms with Gasteiger partial charge in [-0.3, -0.25) is 14.6 Å². The van der Waals surface area contributed by atoms with E-state index in [0.29, 0.717) is 5.56 Å². The number of nitrogens with one attached hydrogen (secondary N) is 3. The number of nitrogens with zero attached hydrogens (tertiary/aromatic N) is 2. The molecule has 0 aliphatic heterocycles. The van der Waals surface area contributed by atoms with Crippen LogP contribution in [0.15, 0.2) is 68.2 Å². The molecule has 0 saturated heterocycles. The van der Waals surface area contributed by atoms with E-state index in [2.05, 4.69) is 20.7 Å². The number of hydrogen-bond acceptors (Lipinski definition) is 6. The predicted molar refractivity (Wildman–Crippen MR) is 108 cm³/mol. The van der Waals surface area contributed by atoms with Gasteiger partial charge in [0.05, 0.1) is 11.2 Å². The zero-order valence-corrected chi connectivity index (χ0v) is 16.1. The number of amides is 1. The molecule has 0 spiro atoms. The van der Waals surface area contributed by atoms with Gasteiger partial charge in [0.15, 0.2) is 5.03 Å². The first-order chi connectivity index (χ1) is 14.0. The Morgan fingerprint density at radius 2 is 1.97 bits per heavy atom. The maximum atomic E-state index is 13.8. The molecule has 11 heteroatoms. The van der Waals surface area contributed by atoms with Crippen molar-refractivity contribution < 1.29 is 9.18 Å². The van der Waals surface area contributed by atoms with E-state index >= 15 is 0 Å². The summed E-state index contributed by atoms with van der Waals surface area (Å²) in [4.78, 5) is 37.8. The Balaban J connectivity index is 1.84. The smallest absolute Gasteiger partial charge is 0.271 e. The van der Waals surface area contributed by atoms with Crippen molar-refractivity contribution >= 4 is 35.5 Å². The van der Waals surface area contributed by atoms with Crippen molar-refractivity contribution in [3.63, 3.8) is 0 Å². The number of hydrogen-bond donors (Lipinski definition) is 3. The summed E-state index contributed by atoms with van der Waals surface area (Å²) in [5, 5.41) is 8.67. The standard InChI is InChI=1S/C18H13ClFN5O3S/c19-12-7-4-8-13(20)11(12)9-21-23-15(26)14(10-5-2-1-3-6-10)29-17-16(27)22-18(28)25-24-17/h1-9,14H,(H,23,26)(H2,22,25,27,28)/b21-9-. The number of benzene rings is 2. The second-order valence-electron chi connectivity index (χ2n) is 5.59. The van der Waals surface area contributed by atoms with Crippen molar-refractivity contribution in [2.75, 3.05) is 0 Å². The van der Waals surface area contributed by atoms with E-state index in [-0.39, 0.29) is 15.6 Å². The molecule has 0 aliphatic rings. The Labute approximate surface area is 172 Å². The highest BCUT2D eigenvalue weighted by molar-refractivity contribution is 8.00. The van der Waals surface area contributed by atoms with Crippen LogP contribution in [0.25, 0.3) is 0 Å². The number of aromatic amines is 2. The number of carbonyl (C=O) groups excluding carboxylic acids is 1. The van der Waals surface area contributed by atoms with Gasteiger partial charge in [-0.15, -0.1) is 0 Å². The summed E-state index contributed by atoms with van der Waals surface area (Å²) in [6, 6.07) is 12.8. The maximum absolute atomic E-state index is 13.8. The first-order valence-electron chi connectivity index (χ1n) is 8.13. The van der Waals surface area contributed by atoms with Crippen molar-refractivity contribution in [2.24, 2.45) is 5.10 Å². The number of thioether (sulfide) groups is 1. The Morgan fingerprint density at radius 3 is 2.66 bits per heavy atom. The summed E-state index contributed by atoms with van der Waals surface area (Å²) in [5.41, 5.74) is 1.42. The van der Waals surface area contributed by atoms with E-state index in [1.54, 1.807) is 30.3 Å². The molecule has 3 rings (SSSR count). The molecular formula is C18H13ClFN5O3S. The van der Waals surface area contributed by atoms with Gasteiger partial charge in [-0.1, -0.05) is 59.8 Å². The van der Waals surface area contributed by atoms with Crippen LogP contribution in [0.5, 0.6) is 0 Å². The third-order valence-corrected chi connectivity index (χ3v) is 5.17. The van der Waals surface area contributed by atoms with Crippen LogP contribution in [0.4, 0.5) is 4.39 Å². The van der Waals surface area contributed by atoms with Crippen LogP contribution in [-0.4, -0.2) is 27.3 Å². The van der Waals surface area contributed by atoms with E-state index in [4.69, 9.17) is 11.6 Å². The molecule has 0 saturated carbocycles. The van der Waals surface area contributed by atoms with Gasteiger partial charge in [-0.25, -0.2) is 19.7 Å². The third kappa shape index (κ3) is 5.18. The highest BCUT2D eigenvalue weighted by Crippen LogP contribution is 2.32. The zero-order chi connectivity index (χ0) is 20.8. The molecule has 0 aliphatic carbocycles. The molecule has 1 aromatic heterocycles. The lowest BCUT2D eigenvalue weighted by atomic mass is 10.1. The molecule has 0 radical (unpaired) electrons. The second-order valence-corrected chi connectivity index (χ2v) is 7.09. The van der Waals surface area contributed by atoms with Crippen molar-refractivity contribution in [1.82, 2.24) is 20.6 Å². The lowest BCUT2D eigenvalue weighted by Crippen LogP contribution is -2.28. The predicted octanol–water partition coefficient (Wildman–Crippen LogP) is 2.23. The minimum Gasteiger partial charge on any atom is -0.271 e. The van der Waals surface area contributed by atoms with E-state index in [0.717, 1.165) is 18.0 Å². The first kappa shape index (κ1) is 20.5. The number of carbonyl (C=O) groups is 1. The highest BCUT2D eigenvalue weighted by Gasteiger charge is 2.24. The average Bonchev–Trinajstić information content (AvgIpc) is 2.70. The molecule has 1 heterocycles. The molecule has 0 fully saturated rings. The zero-order valence-electron chi connectivity index (χ0n) is 14.6. The SMILES string of the molecule is O=C(N/N=C\c1c(F)cccc1Cl)C(Sc1n[nH]c(=O)[nH]c1=O)c1ccccc1. The molecule has 3 N–H and O–H groups in total. The van der Waals surface area contributed by atoms with Gasteiger partial charge in [0, 0.05) is 5.56 Å². The molecule has 1 amide bonds. The normalized spacial score (nSPS) is 12.1. The lowest BCUT2D eigenvalue weighted by Gasteiger charge is -2.14. The van der Waals surface area contributed by atoms with Crippen LogP contribution in [-0.2, 0) is 4.79 Å². The van der Waals surface area contributed by atoms with Crippen LogP contribution >= 0.6 is 23.4 Å². The summed E-state index contributed by atoms with van der Waals surface area (Å²) in [6.07, 6.45) is 1.09. The third-order valence-electron chi connectivity index (χ3n) is 3.62. The van der Waals surface area contributed by atoms with Crippen molar-refractivity contribution in [3.05, 3.63) is 91.3 Å². The van der Waals surface area contributed by atoms with Gasteiger partial charge in [-0.2, -0.15) is 10.2 Å². The van der Waals surface area contributed by atoms with Gasteiger partial charge < -0.3 is 0 Å². The van der Waals surface area contributed by atoms with Gasteiger partial charge in [0.25, 0.3) is 11.5 Å². The Bertz CT molecular complexity index is 1150. The summed E-state index contributed by atoms with van der Waals surface area (Å²) in [5.74, 6) is -1.18. The molecule has 0 bridgehead atoms. The van der Waals surface area contributed by atoms with Crippen LogP contribution in [0.3, 0.4) is 0 Å². The molecule has 1 unspecified atom stereocenters. The summed E-state index contributed by atoms with van der Waals surface area (Å²) in [6.45, 7) is 0. The number of halogens is 2. The van der Waals surface area contributed by atoms with Crippen LogP contribution < -0.4 is 16.7 Å². The summed E-state index contributed by atoms with van der Waals surface area (Å²) >= 11 is 6.74. The van der Waals surface area contributed by atoms with Crippen molar-refractivity contribution in [3.8, 4) is 0 Å². The van der Waals surface area contributed by atoms with Crippen LogP contribution in [0.2, 0.25) is 5.02 Å². The average molecular weight is 434 g/mol. The fraction of sp³-hybridized carbons (Fsp3) is 0.0556. The van der Waals surface area contributed by atoms with Crippen molar-refractivity contribution in [1.29, 1.82) is 0 Å². The number of rotatable bonds is 6. The van der Waals surface area contributed by atoms with Crippen LogP contribution in [0, 0.1) is 5.82 Å². The lowest BCUT2D eigenvalue weighted by molar-refractivity contribution is -0.120. The van der Waals surface area contributed by atoms with Gasteiger partial charge in [0.2, 0.25) is 0 Å². The molecular weight excluding hydrogens is 421 g/mol. The Kier molecular flexibility index (Phi) is 6.57. The molecule has 148 valence electrons. The fourth-order valence-electron chi connectivity index (χ4n) is 2.28. The van der Waals surface area contributed by atoms with E-state index in [1.165, 1.54) is 18.2 Å². The van der Waals surface area contributed by atoms with E-state index in [9.17, 15) is 18.8 Å². The molecule has 3 aromatic rings. The number of aromatic nitrogens is 3. The molecule has 8 nitrogen and oxygen atoms in total. The monoisotopic (exact) mass is 433 g/mol. The summed E-state index contributed by atoms with van der Waals surface area (Å²) < 4.78 is 13.8. The quantitative estimate of drug-likeness (QED) is 0.313. The number of hydrazone groups is 1.